The Labute approximate surface area is 237 Å². The molecule has 3 N–H and O–H groups in total. The van der Waals surface area contributed by atoms with Gasteiger partial charge in [0.05, 0.1) is 50.0 Å². The summed E-state index contributed by atoms with van der Waals surface area (Å²) in [6.45, 7) is 8.51. The average molecular weight is 611 g/mol. The molecule has 1 aromatic heterocycles. The molecule has 0 radical (unpaired) electrons. The van der Waals surface area contributed by atoms with E-state index >= 15 is 0 Å². The number of carbonyl (C=O) groups is 2. The monoisotopic (exact) mass is 610 g/mol. The minimum absolute atomic E-state index is 0.0233. The van der Waals surface area contributed by atoms with Crippen LogP contribution in [0.25, 0.3) is 0 Å². The van der Waals surface area contributed by atoms with Gasteiger partial charge >= 0.3 is 14.3 Å². The lowest BCUT2D eigenvalue weighted by molar-refractivity contribution is -0.120. The fraction of sp³-hybridized carbons (Fsp3) is 0.750. The molecule has 12 nitrogen and oxygen atoms in total. The van der Waals surface area contributed by atoms with E-state index < -0.39 is 36.9 Å². The first-order chi connectivity index (χ1) is 18.3. The van der Waals surface area contributed by atoms with Crippen molar-refractivity contribution in [1.29, 1.82) is 0 Å². The quantitative estimate of drug-likeness (QED) is 0.185. The SMILES string of the molecule is CC1CC(COP(OCCSC(=O)C(C)(C)CO)OCCSC(=O)C(C)(C)CO)OC1n1ccc(=O)[nH]c1=O. The standard InChI is InChI=1S/C24H39N2O10PS2/c1-16-12-17(36-19(16)26-7-6-18(29)25-22(26)32)13-35-37(33-8-10-38-20(30)23(2,3)14-27)34-9-11-39-21(31)24(4,5)15-28/h6-7,16-17,19,27-28H,8-15H2,1-5H3,(H,25,29,32). The van der Waals surface area contributed by atoms with Gasteiger partial charge in [-0.2, -0.15) is 0 Å². The molecule has 3 unspecified atom stereocenters. The summed E-state index contributed by atoms with van der Waals surface area (Å²) in [5.74, 6) is 0.643. The Morgan fingerprint density at radius 1 is 1.05 bits per heavy atom. The van der Waals surface area contributed by atoms with E-state index in [1.165, 1.54) is 16.8 Å². The summed E-state index contributed by atoms with van der Waals surface area (Å²) in [7, 11) is -1.84. The fourth-order valence-corrected chi connectivity index (χ4v) is 6.11. The van der Waals surface area contributed by atoms with Crippen molar-refractivity contribution in [2.45, 2.75) is 53.4 Å². The first kappa shape index (κ1) is 34.1. The van der Waals surface area contributed by atoms with Crippen molar-refractivity contribution in [3.8, 4) is 0 Å². The van der Waals surface area contributed by atoms with E-state index in [1.807, 2.05) is 6.92 Å². The molecule has 0 aromatic carbocycles. The summed E-state index contributed by atoms with van der Waals surface area (Å²) in [5, 5.41) is 18.4. The van der Waals surface area contributed by atoms with Crippen LogP contribution < -0.4 is 11.2 Å². The summed E-state index contributed by atoms with van der Waals surface area (Å²) in [6.07, 6.45) is 1.08. The highest BCUT2D eigenvalue weighted by atomic mass is 32.2. The lowest BCUT2D eigenvalue weighted by Gasteiger charge is -2.21. The van der Waals surface area contributed by atoms with Gasteiger partial charge in [-0.25, -0.2) is 4.79 Å². The first-order valence-corrected chi connectivity index (χ1v) is 15.6. The molecule has 2 heterocycles. The van der Waals surface area contributed by atoms with Gasteiger partial charge in [0.15, 0.2) is 10.2 Å². The third-order valence-corrected chi connectivity index (χ3v) is 9.38. The molecule has 1 saturated heterocycles. The Hall–Kier alpha value is -1.09. The van der Waals surface area contributed by atoms with E-state index in [0.717, 1.165) is 23.5 Å². The van der Waals surface area contributed by atoms with Crippen LogP contribution in [0.2, 0.25) is 0 Å². The molecule has 0 bridgehead atoms. The maximum absolute atomic E-state index is 12.2. The van der Waals surface area contributed by atoms with Crippen molar-refractivity contribution in [2.75, 3.05) is 44.5 Å². The molecule has 1 fully saturated rings. The number of ether oxygens (including phenoxy) is 1. The second kappa shape index (κ2) is 15.8. The van der Waals surface area contributed by atoms with Crippen LogP contribution >= 0.6 is 32.1 Å². The van der Waals surface area contributed by atoms with Crippen molar-refractivity contribution >= 4 is 42.4 Å². The van der Waals surface area contributed by atoms with Gasteiger partial charge in [0.25, 0.3) is 5.56 Å². The zero-order valence-corrected chi connectivity index (χ0v) is 25.4. The zero-order valence-electron chi connectivity index (χ0n) is 22.9. The predicted molar refractivity (Wildman–Crippen MR) is 150 cm³/mol. The molecule has 0 spiro atoms. The van der Waals surface area contributed by atoms with Crippen molar-refractivity contribution < 1.29 is 38.1 Å². The maximum atomic E-state index is 12.2. The van der Waals surface area contributed by atoms with Crippen LogP contribution in [0.4, 0.5) is 0 Å². The summed E-state index contributed by atoms with van der Waals surface area (Å²) in [6, 6.07) is 1.26. The van der Waals surface area contributed by atoms with Crippen molar-refractivity contribution in [1.82, 2.24) is 9.55 Å². The van der Waals surface area contributed by atoms with Gasteiger partial charge in [-0.05, 0) is 34.1 Å². The summed E-state index contributed by atoms with van der Waals surface area (Å²) in [4.78, 5) is 50.2. The van der Waals surface area contributed by atoms with Crippen LogP contribution in [-0.2, 0) is 27.9 Å². The van der Waals surface area contributed by atoms with Crippen molar-refractivity contribution in [3.05, 3.63) is 33.1 Å². The van der Waals surface area contributed by atoms with Gasteiger partial charge in [0.1, 0.15) is 6.23 Å². The third-order valence-electron chi connectivity index (χ3n) is 5.87. The highest BCUT2D eigenvalue weighted by Gasteiger charge is 2.35. The molecular weight excluding hydrogens is 571 g/mol. The van der Waals surface area contributed by atoms with Gasteiger partial charge in [-0.1, -0.05) is 30.4 Å². The van der Waals surface area contributed by atoms with E-state index in [2.05, 4.69) is 4.98 Å². The lowest BCUT2D eigenvalue weighted by Crippen LogP contribution is -2.33. The van der Waals surface area contributed by atoms with Gasteiger partial charge < -0.3 is 28.5 Å². The molecule has 1 aromatic rings. The normalized spacial score (nSPS) is 20.1. The number of nitrogens with zero attached hydrogens (tertiary/aromatic N) is 1. The molecule has 0 saturated carbocycles. The molecule has 15 heteroatoms. The number of aliphatic hydroxyl groups excluding tert-OH is 2. The summed E-state index contributed by atoms with van der Waals surface area (Å²) < 4.78 is 24.8. The van der Waals surface area contributed by atoms with Gasteiger partial charge in [-0.3, -0.25) is 23.9 Å². The maximum Gasteiger partial charge on any atom is 0.332 e. The van der Waals surface area contributed by atoms with Crippen LogP contribution in [0.5, 0.6) is 0 Å². The van der Waals surface area contributed by atoms with Gasteiger partial charge in [-0.15, -0.1) is 0 Å². The minimum atomic E-state index is -1.84. The largest absolute Gasteiger partial charge is 0.395 e. The van der Waals surface area contributed by atoms with E-state index in [-0.39, 0.29) is 55.3 Å². The van der Waals surface area contributed by atoms with E-state index in [4.69, 9.17) is 18.3 Å². The number of carbonyl (C=O) groups excluding carboxylic acids is 2. The highest BCUT2D eigenvalue weighted by molar-refractivity contribution is 8.14. The van der Waals surface area contributed by atoms with Crippen LogP contribution in [-0.4, -0.2) is 80.6 Å². The zero-order chi connectivity index (χ0) is 29.2. The summed E-state index contributed by atoms with van der Waals surface area (Å²) in [5.41, 5.74) is -2.74. The first-order valence-electron chi connectivity index (χ1n) is 12.5. The topological polar surface area (TPSA) is 166 Å². The second-order valence-electron chi connectivity index (χ2n) is 10.4. The van der Waals surface area contributed by atoms with Crippen LogP contribution in [0, 0.1) is 16.7 Å². The Kier molecular flexibility index (Phi) is 13.8. The molecule has 2 rings (SSSR count). The average Bonchev–Trinajstić information content (AvgIpc) is 3.26. The van der Waals surface area contributed by atoms with Crippen LogP contribution in [0.15, 0.2) is 21.9 Å². The van der Waals surface area contributed by atoms with Crippen LogP contribution in [0.3, 0.4) is 0 Å². The second-order valence-corrected chi connectivity index (χ2v) is 13.8. The van der Waals surface area contributed by atoms with Gasteiger partial charge in [0.2, 0.25) is 0 Å². The molecule has 3 atom stereocenters. The van der Waals surface area contributed by atoms with Crippen LogP contribution in [0.1, 0.15) is 47.3 Å². The Balaban J connectivity index is 1.91. The minimum Gasteiger partial charge on any atom is -0.395 e. The van der Waals surface area contributed by atoms with E-state index in [1.54, 1.807) is 27.7 Å². The van der Waals surface area contributed by atoms with E-state index in [9.17, 15) is 29.4 Å². The molecule has 1 aliphatic rings. The predicted octanol–water partition coefficient (Wildman–Crippen LogP) is 2.29. The molecule has 0 aliphatic carbocycles. The number of aromatic nitrogens is 2. The molecule has 0 amide bonds. The highest BCUT2D eigenvalue weighted by Crippen LogP contribution is 2.42. The number of aromatic amines is 1. The number of rotatable bonds is 16. The third kappa shape index (κ3) is 10.7. The van der Waals surface area contributed by atoms with Crippen molar-refractivity contribution in [3.63, 3.8) is 0 Å². The molecule has 39 heavy (non-hydrogen) atoms. The summed E-state index contributed by atoms with van der Waals surface area (Å²) >= 11 is 2.10. The lowest BCUT2D eigenvalue weighted by atomic mass is 9.97. The smallest absolute Gasteiger partial charge is 0.332 e. The molecular formula is C24H39N2O10PS2. The number of hydrogen-bond donors (Lipinski definition) is 3. The van der Waals surface area contributed by atoms with Gasteiger partial charge in [0, 0.05) is 29.7 Å². The Bertz CT molecular complexity index is 1030. The Morgan fingerprint density at radius 2 is 1.59 bits per heavy atom. The number of thioether (sulfide) groups is 2. The number of hydrogen-bond acceptors (Lipinski definition) is 12. The molecule has 1 aliphatic heterocycles. The molecule has 222 valence electrons. The number of aliphatic hydroxyl groups is 2. The Morgan fingerprint density at radius 3 is 2.08 bits per heavy atom. The number of H-pyrrole nitrogens is 1. The fourth-order valence-electron chi connectivity index (χ4n) is 3.26. The van der Waals surface area contributed by atoms with E-state index in [0.29, 0.717) is 17.9 Å². The number of nitrogens with one attached hydrogen (secondary N) is 1. The van der Waals surface area contributed by atoms with Crippen molar-refractivity contribution in [2.24, 2.45) is 16.7 Å².